The van der Waals surface area contributed by atoms with Crippen molar-refractivity contribution in [3.63, 3.8) is 0 Å². The molecule has 0 amide bonds. The van der Waals surface area contributed by atoms with Crippen molar-refractivity contribution in [2.24, 2.45) is 0 Å². The highest BCUT2D eigenvalue weighted by Crippen LogP contribution is 2.34. The summed E-state index contributed by atoms with van der Waals surface area (Å²) in [4.78, 5) is 0. The average molecular weight is 291 g/mol. The third-order valence-electron chi connectivity index (χ3n) is 2.99. The summed E-state index contributed by atoms with van der Waals surface area (Å²) < 4.78 is 0. The minimum atomic E-state index is 0.318. The standard InChI is InChI=1S/C17H16Cl2/c1-12(2)17-15(18)10-14(11-16(17)19)13-8-6-4-3-5-7-9-13/h3-12H,1-2H3/b4-3-,5-3?,6-4?,7-5-,8-6?,9-7?,13-8?,13-9?. The highest BCUT2D eigenvalue weighted by molar-refractivity contribution is 6.36. The maximum absolute atomic E-state index is 6.35. The zero-order chi connectivity index (χ0) is 13.8. The van der Waals surface area contributed by atoms with Gasteiger partial charge >= 0.3 is 0 Å². The molecule has 1 aromatic rings. The predicted molar refractivity (Wildman–Crippen MR) is 85.9 cm³/mol. The Kier molecular flexibility index (Phi) is 4.68. The Morgan fingerprint density at radius 2 is 1.42 bits per heavy atom. The molecule has 0 unspecified atom stereocenters. The topological polar surface area (TPSA) is 0 Å². The molecule has 0 spiro atoms. The van der Waals surface area contributed by atoms with Gasteiger partial charge in [-0.2, -0.15) is 0 Å². The first-order valence-electron chi connectivity index (χ1n) is 6.30. The van der Waals surface area contributed by atoms with Gasteiger partial charge in [-0.25, -0.2) is 0 Å². The van der Waals surface area contributed by atoms with Crippen LogP contribution in [0.4, 0.5) is 0 Å². The summed E-state index contributed by atoms with van der Waals surface area (Å²) in [5, 5.41) is 1.46. The molecule has 0 aliphatic heterocycles. The van der Waals surface area contributed by atoms with E-state index >= 15 is 0 Å². The third kappa shape index (κ3) is 3.40. The van der Waals surface area contributed by atoms with Crippen LogP contribution < -0.4 is 0 Å². The Bertz CT molecular complexity index is 564. The normalized spacial score (nSPS) is 17.8. The fourth-order valence-corrected chi connectivity index (χ4v) is 2.98. The molecule has 0 aromatic heterocycles. The van der Waals surface area contributed by atoms with Gasteiger partial charge in [0.05, 0.1) is 0 Å². The van der Waals surface area contributed by atoms with Gasteiger partial charge in [0, 0.05) is 10.0 Å². The van der Waals surface area contributed by atoms with Gasteiger partial charge in [-0.1, -0.05) is 79.6 Å². The maximum Gasteiger partial charge on any atom is 0.0461 e. The van der Waals surface area contributed by atoms with Gasteiger partial charge in [-0.3, -0.25) is 0 Å². The second kappa shape index (κ2) is 6.27. The fourth-order valence-electron chi connectivity index (χ4n) is 2.06. The number of hydrogen-bond donors (Lipinski definition) is 0. The predicted octanol–water partition coefficient (Wildman–Crippen LogP) is 6.18. The van der Waals surface area contributed by atoms with E-state index in [1.807, 2.05) is 42.5 Å². The molecule has 1 aliphatic carbocycles. The molecular formula is C17H16Cl2. The van der Waals surface area contributed by atoms with E-state index in [0.29, 0.717) is 5.92 Å². The number of benzene rings is 1. The first-order valence-corrected chi connectivity index (χ1v) is 7.06. The van der Waals surface area contributed by atoms with Crippen LogP contribution in [0.25, 0.3) is 5.57 Å². The molecule has 1 aliphatic rings. The number of allylic oxidation sites excluding steroid dienone is 8. The summed E-state index contributed by atoms with van der Waals surface area (Å²) >= 11 is 12.7. The number of halogens is 2. The van der Waals surface area contributed by atoms with Crippen LogP contribution in [0.3, 0.4) is 0 Å². The Morgan fingerprint density at radius 3 is 2.05 bits per heavy atom. The first kappa shape index (κ1) is 14.2. The van der Waals surface area contributed by atoms with Crippen LogP contribution in [-0.4, -0.2) is 0 Å². The van der Waals surface area contributed by atoms with Crippen LogP contribution in [0, 0.1) is 0 Å². The zero-order valence-electron chi connectivity index (χ0n) is 11.0. The lowest BCUT2D eigenvalue weighted by Crippen LogP contribution is -1.93. The molecule has 2 rings (SSSR count). The zero-order valence-corrected chi connectivity index (χ0v) is 12.5. The molecule has 0 radical (unpaired) electrons. The Balaban J connectivity index is 2.47. The van der Waals surface area contributed by atoms with E-state index in [1.54, 1.807) is 0 Å². The Hall–Kier alpha value is -1.24. The molecule has 98 valence electrons. The van der Waals surface area contributed by atoms with Crippen molar-refractivity contribution in [2.75, 3.05) is 0 Å². The summed E-state index contributed by atoms with van der Waals surface area (Å²) in [5.74, 6) is 0.318. The van der Waals surface area contributed by atoms with E-state index in [2.05, 4.69) is 26.0 Å². The van der Waals surface area contributed by atoms with Crippen LogP contribution in [0.2, 0.25) is 10.0 Å². The van der Waals surface area contributed by atoms with Gasteiger partial charge in [0.2, 0.25) is 0 Å². The van der Waals surface area contributed by atoms with Crippen LogP contribution in [0.15, 0.2) is 54.7 Å². The van der Waals surface area contributed by atoms with Gasteiger partial charge in [0.25, 0.3) is 0 Å². The van der Waals surface area contributed by atoms with Gasteiger partial charge in [0.1, 0.15) is 0 Å². The van der Waals surface area contributed by atoms with Crippen LogP contribution in [0.5, 0.6) is 0 Å². The Labute approximate surface area is 124 Å². The van der Waals surface area contributed by atoms with Crippen molar-refractivity contribution in [2.45, 2.75) is 19.8 Å². The molecule has 0 saturated carbocycles. The van der Waals surface area contributed by atoms with E-state index in [0.717, 1.165) is 26.7 Å². The van der Waals surface area contributed by atoms with Crippen LogP contribution >= 0.6 is 23.2 Å². The number of rotatable bonds is 2. The van der Waals surface area contributed by atoms with Crippen molar-refractivity contribution in [1.29, 1.82) is 0 Å². The SMILES string of the molecule is CC(C)c1c(Cl)cc(C2=C/C=C\C=C/C=C2)cc1Cl. The van der Waals surface area contributed by atoms with Gasteiger partial charge in [0.15, 0.2) is 0 Å². The minimum Gasteiger partial charge on any atom is -0.0840 e. The largest absolute Gasteiger partial charge is 0.0840 e. The summed E-state index contributed by atoms with van der Waals surface area (Å²) in [6.07, 6.45) is 14.1. The van der Waals surface area contributed by atoms with E-state index in [9.17, 15) is 0 Å². The van der Waals surface area contributed by atoms with E-state index in [4.69, 9.17) is 23.2 Å². The molecular weight excluding hydrogens is 275 g/mol. The number of hydrogen-bond acceptors (Lipinski definition) is 0. The van der Waals surface area contributed by atoms with Crippen LogP contribution in [0.1, 0.15) is 30.9 Å². The van der Waals surface area contributed by atoms with Crippen molar-refractivity contribution >= 4 is 28.8 Å². The summed E-state index contributed by atoms with van der Waals surface area (Å²) in [7, 11) is 0. The van der Waals surface area contributed by atoms with Crippen molar-refractivity contribution in [3.05, 3.63) is 75.8 Å². The quantitative estimate of drug-likeness (QED) is 0.610. The minimum absolute atomic E-state index is 0.318. The fraction of sp³-hybridized carbons (Fsp3) is 0.176. The van der Waals surface area contributed by atoms with E-state index in [-0.39, 0.29) is 0 Å². The molecule has 0 heterocycles. The van der Waals surface area contributed by atoms with Crippen molar-refractivity contribution in [1.82, 2.24) is 0 Å². The monoisotopic (exact) mass is 290 g/mol. The summed E-state index contributed by atoms with van der Waals surface area (Å²) in [6, 6.07) is 3.97. The van der Waals surface area contributed by atoms with Crippen LogP contribution in [-0.2, 0) is 0 Å². The molecule has 0 atom stereocenters. The molecule has 0 saturated heterocycles. The van der Waals surface area contributed by atoms with Crippen molar-refractivity contribution in [3.8, 4) is 0 Å². The lowest BCUT2D eigenvalue weighted by atomic mass is 9.97. The molecule has 1 aromatic carbocycles. The average Bonchev–Trinajstić information content (AvgIpc) is 2.26. The third-order valence-corrected chi connectivity index (χ3v) is 3.61. The summed E-state index contributed by atoms with van der Waals surface area (Å²) in [6.45, 7) is 4.19. The Morgan fingerprint density at radius 1 is 0.842 bits per heavy atom. The van der Waals surface area contributed by atoms with Crippen molar-refractivity contribution < 1.29 is 0 Å². The maximum atomic E-state index is 6.35. The molecule has 0 fully saturated rings. The lowest BCUT2D eigenvalue weighted by molar-refractivity contribution is 0.867. The van der Waals surface area contributed by atoms with E-state index in [1.165, 1.54) is 0 Å². The van der Waals surface area contributed by atoms with Gasteiger partial charge in [-0.05, 0) is 34.8 Å². The summed E-state index contributed by atoms with van der Waals surface area (Å²) in [5.41, 5.74) is 3.15. The second-order valence-corrected chi connectivity index (χ2v) is 5.57. The smallest absolute Gasteiger partial charge is 0.0461 e. The molecule has 0 N–H and O–H groups in total. The van der Waals surface area contributed by atoms with Gasteiger partial charge in [-0.15, -0.1) is 0 Å². The highest BCUT2D eigenvalue weighted by atomic mass is 35.5. The lowest BCUT2D eigenvalue weighted by Gasteiger charge is -2.13. The highest BCUT2D eigenvalue weighted by Gasteiger charge is 2.12. The molecule has 0 bridgehead atoms. The first-order chi connectivity index (χ1) is 9.09. The van der Waals surface area contributed by atoms with Gasteiger partial charge < -0.3 is 0 Å². The van der Waals surface area contributed by atoms with E-state index < -0.39 is 0 Å². The second-order valence-electron chi connectivity index (χ2n) is 4.76. The molecule has 0 nitrogen and oxygen atoms in total. The molecule has 2 heteroatoms. The molecule has 19 heavy (non-hydrogen) atoms.